The molecule has 2 aromatic rings. The summed E-state index contributed by atoms with van der Waals surface area (Å²) in [4.78, 5) is 3.30. The Morgan fingerprint density at radius 2 is 1.96 bits per heavy atom. The van der Waals surface area contributed by atoms with E-state index in [-0.39, 0.29) is 0 Å². The second-order valence-electron chi connectivity index (χ2n) is 5.44. The van der Waals surface area contributed by atoms with Crippen LogP contribution in [0.5, 0.6) is 11.5 Å². The molecule has 0 bridgehead atoms. The zero-order valence-corrected chi connectivity index (χ0v) is 15.2. The Kier molecular flexibility index (Phi) is 5.82. The van der Waals surface area contributed by atoms with E-state index in [1.165, 1.54) is 4.90 Å². The molecule has 126 valence electrons. The average molecular weight is 361 g/mol. The number of ether oxygens (including phenoxy) is 2. The first-order chi connectivity index (χ1) is 11.7. The molecule has 3 rings (SSSR count). The van der Waals surface area contributed by atoms with Gasteiger partial charge in [-0.25, -0.2) is 0 Å². The molecule has 0 saturated heterocycles. The van der Waals surface area contributed by atoms with Crippen LogP contribution in [0.25, 0.3) is 0 Å². The first-order valence-electron chi connectivity index (χ1n) is 7.78. The Morgan fingerprint density at radius 1 is 1.17 bits per heavy atom. The lowest BCUT2D eigenvalue weighted by molar-refractivity contribution is 0.174. The van der Waals surface area contributed by atoms with Crippen LogP contribution in [-0.4, -0.2) is 36.2 Å². The molecule has 6 heteroatoms. The number of nitrogens with one attached hydrogen (secondary N) is 1. The first-order valence-corrected chi connectivity index (χ1v) is 9.17. The third-order valence-corrected chi connectivity index (χ3v) is 5.06. The fourth-order valence-corrected chi connectivity index (χ4v) is 3.32. The lowest BCUT2D eigenvalue weighted by Crippen LogP contribution is -2.37. The van der Waals surface area contributed by atoms with E-state index in [0.29, 0.717) is 6.79 Å². The minimum absolute atomic E-state index is 0.299. The number of fused-ring (bicyclic) bond motifs is 1. The van der Waals surface area contributed by atoms with E-state index in [9.17, 15) is 0 Å². The van der Waals surface area contributed by atoms with Crippen molar-refractivity contribution in [1.29, 1.82) is 0 Å². The molecular formula is C18H20N2O2S2. The van der Waals surface area contributed by atoms with Gasteiger partial charge in [-0.15, -0.1) is 11.8 Å². The monoisotopic (exact) mass is 360 g/mol. The van der Waals surface area contributed by atoms with Crippen molar-refractivity contribution >= 4 is 29.1 Å². The number of nitrogens with zero attached hydrogens (tertiary/aromatic N) is 1. The Hall–Kier alpha value is -1.92. The quantitative estimate of drug-likeness (QED) is 0.482. The summed E-state index contributed by atoms with van der Waals surface area (Å²) in [6, 6.07) is 16.4. The molecule has 4 nitrogen and oxygen atoms in total. The second kappa shape index (κ2) is 8.26. The molecule has 0 spiro atoms. The van der Waals surface area contributed by atoms with Crippen molar-refractivity contribution in [2.75, 3.05) is 26.1 Å². The van der Waals surface area contributed by atoms with Crippen molar-refractivity contribution in [1.82, 2.24) is 10.2 Å². The van der Waals surface area contributed by atoms with Gasteiger partial charge >= 0.3 is 0 Å². The lowest BCUT2D eigenvalue weighted by atomic mass is 10.2. The molecule has 2 aromatic carbocycles. The van der Waals surface area contributed by atoms with Gasteiger partial charge in [0.15, 0.2) is 16.6 Å². The van der Waals surface area contributed by atoms with Crippen LogP contribution in [-0.2, 0) is 6.54 Å². The average Bonchev–Trinajstić information content (AvgIpc) is 3.07. The van der Waals surface area contributed by atoms with Gasteiger partial charge in [-0.05, 0) is 42.0 Å². The molecule has 0 saturated carbocycles. The van der Waals surface area contributed by atoms with E-state index in [4.69, 9.17) is 21.7 Å². The Morgan fingerprint density at radius 3 is 2.79 bits per heavy atom. The van der Waals surface area contributed by atoms with Crippen molar-refractivity contribution in [2.24, 2.45) is 0 Å². The zero-order chi connectivity index (χ0) is 16.8. The van der Waals surface area contributed by atoms with Crippen molar-refractivity contribution in [3.8, 4) is 11.5 Å². The number of thiocarbonyl (C=S) groups is 1. The maximum Gasteiger partial charge on any atom is 0.231 e. The van der Waals surface area contributed by atoms with E-state index in [0.717, 1.165) is 41.0 Å². The van der Waals surface area contributed by atoms with Gasteiger partial charge in [0.25, 0.3) is 0 Å². The van der Waals surface area contributed by atoms with Crippen LogP contribution < -0.4 is 14.8 Å². The SMILES string of the molecule is CN(Cc1ccc2c(c1)OCO2)C(=S)NCCSc1ccccc1. The Bertz CT molecular complexity index is 695. The predicted molar refractivity (Wildman–Crippen MR) is 102 cm³/mol. The normalized spacial score (nSPS) is 12.0. The van der Waals surface area contributed by atoms with E-state index in [1.54, 1.807) is 0 Å². The number of benzene rings is 2. The molecule has 0 fully saturated rings. The lowest BCUT2D eigenvalue weighted by Gasteiger charge is -2.21. The third-order valence-electron chi connectivity index (χ3n) is 3.59. The highest BCUT2D eigenvalue weighted by Crippen LogP contribution is 2.32. The Balaban J connectivity index is 1.41. The molecule has 0 atom stereocenters. The number of hydrogen-bond acceptors (Lipinski definition) is 4. The minimum Gasteiger partial charge on any atom is -0.454 e. The standard InChI is InChI=1S/C18H20N2O2S2/c1-20(12-14-7-8-16-17(11-14)22-13-21-16)18(23)19-9-10-24-15-5-3-2-4-6-15/h2-8,11H,9-10,12-13H2,1H3,(H,19,23). The highest BCUT2D eigenvalue weighted by atomic mass is 32.2. The highest BCUT2D eigenvalue weighted by molar-refractivity contribution is 7.99. The number of rotatable bonds is 6. The fraction of sp³-hybridized carbons (Fsp3) is 0.278. The van der Waals surface area contributed by atoms with Gasteiger partial charge < -0.3 is 19.7 Å². The molecule has 0 aromatic heterocycles. The van der Waals surface area contributed by atoms with Gasteiger partial charge in [-0.3, -0.25) is 0 Å². The smallest absolute Gasteiger partial charge is 0.231 e. The molecule has 1 heterocycles. The van der Waals surface area contributed by atoms with Gasteiger partial charge in [0.1, 0.15) is 0 Å². The van der Waals surface area contributed by atoms with Gasteiger partial charge in [-0.2, -0.15) is 0 Å². The third kappa shape index (κ3) is 4.55. The maximum absolute atomic E-state index is 5.45. The van der Waals surface area contributed by atoms with Crippen LogP contribution >= 0.6 is 24.0 Å². The van der Waals surface area contributed by atoms with Crippen molar-refractivity contribution in [3.05, 3.63) is 54.1 Å². The summed E-state index contributed by atoms with van der Waals surface area (Å²) in [6.07, 6.45) is 0. The van der Waals surface area contributed by atoms with Crippen molar-refractivity contribution in [3.63, 3.8) is 0 Å². The summed E-state index contributed by atoms with van der Waals surface area (Å²) in [5.41, 5.74) is 1.14. The molecule has 1 aliphatic rings. The van der Waals surface area contributed by atoms with Crippen molar-refractivity contribution < 1.29 is 9.47 Å². The van der Waals surface area contributed by atoms with Crippen LogP contribution in [0.1, 0.15) is 5.56 Å². The summed E-state index contributed by atoms with van der Waals surface area (Å²) >= 11 is 7.28. The largest absolute Gasteiger partial charge is 0.454 e. The molecule has 24 heavy (non-hydrogen) atoms. The molecule has 1 N–H and O–H groups in total. The van der Waals surface area contributed by atoms with Gasteiger partial charge in [0.2, 0.25) is 6.79 Å². The van der Waals surface area contributed by atoms with Crippen LogP contribution in [0, 0.1) is 0 Å². The summed E-state index contributed by atoms with van der Waals surface area (Å²) in [5.74, 6) is 2.58. The number of hydrogen-bond donors (Lipinski definition) is 1. The predicted octanol–water partition coefficient (Wildman–Crippen LogP) is 3.51. The molecule has 0 aliphatic carbocycles. The van der Waals surface area contributed by atoms with E-state index in [2.05, 4.69) is 29.6 Å². The van der Waals surface area contributed by atoms with Crippen LogP contribution in [0.3, 0.4) is 0 Å². The molecular weight excluding hydrogens is 340 g/mol. The molecule has 0 radical (unpaired) electrons. The van der Waals surface area contributed by atoms with Crippen LogP contribution in [0.4, 0.5) is 0 Å². The highest BCUT2D eigenvalue weighted by Gasteiger charge is 2.14. The molecule has 0 unspecified atom stereocenters. The summed E-state index contributed by atoms with van der Waals surface area (Å²) < 4.78 is 10.7. The fourth-order valence-electron chi connectivity index (χ4n) is 2.36. The summed E-state index contributed by atoms with van der Waals surface area (Å²) in [7, 11) is 1.99. The summed E-state index contributed by atoms with van der Waals surface area (Å²) in [5, 5.41) is 4.06. The van der Waals surface area contributed by atoms with Gasteiger partial charge in [-0.1, -0.05) is 24.3 Å². The Labute approximate surface area is 152 Å². The zero-order valence-electron chi connectivity index (χ0n) is 13.5. The minimum atomic E-state index is 0.299. The van der Waals surface area contributed by atoms with Crippen molar-refractivity contribution in [2.45, 2.75) is 11.4 Å². The first kappa shape index (κ1) is 16.9. The molecule has 0 amide bonds. The number of thioether (sulfide) groups is 1. The van der Waals surface area contributed by atoms with Gasteiger partial charge in [0, 0.05) is 30.8 Å². The second-order valence-corrected chi connectivity index (χ2v) is 6.99. The molecule has 1 aliphatic heterocycles. The van der Waals surface area contributed by atoms with E-state index < -0.39 is 0 Å². The van der Waals surface area contributed by atoms with E-state index >= 15 is 0 Å². The topological polar surface area (TPSA) is 33.7 Å². The van der Waals surface area contributed by atoms with Gasteiger partial charge in [0.05, 0.1) is 0 Å². The van der Waals surface area contributed by atoms with Crippen LogP contribution in [0.15, 0.2) is 53.4 Å². The van der Waals surface area contributed by atoms with E-state index in [1.807, 2.05) is 48.0 Å². The summed E-state index contributed by atoms with van der Waals surface area (Å²) in [6.45, 7) is 1.87. The maximum atomic E-state index is 5.45. The van der Waals surface area contributed by atoms with Crippen LogP contribution in [0.2, 0.25) is 0 Å².